The van der Waals surface area contributed by atoms with Crippen LogP contribution < -0.4 is 11.1 Å². The minimum absolute atomic E-state index is 0.150. The minimum atomic E-state index is -0.994. The number of aromatic carboxylic acids is 1. The number of hydrogen-bond acceptors (Lipinski definition) is 3. The Bertz CT molecular complexity index is 350. The molecule has 15 heavy (non-hydrogen) atoms. The van der Waals surface area contributed by atoms with Crippen LogP contribution in [0.5, 0.6) is 0 Å². The highest BCUT2D eigenvalue weighted by molar-refractivity contribution is 5.94. The number of nitrogens with two attached hydrogens (primary N) is 1. The van der Waals surface area contributed by atoms with Crippen LogP contribution in [0.2, 0.25) is 0 Å². The molecule has 0 radical (unpaired) electrons. The predicted octanol–water partition coefficient (Wildman–Crippen LogP) is 2.18. The first-order chi connectivity index (χ1) is 7.15. The summed E-state index contributed by atoms with van der Waals surface area (Å²) in [5.41, 5.74) is 6.78. The number of carboxylic acid groups (broad SMARTS) is 1. The van der Waals surface area contributed by atoms with Crippen molar-refractivity contribution in [2.45, 2.75) is 19.8 Å². The lowest BCUT2D eigenvalue weighted by molar-refractivity contribution is 0.0698. The van der Waals surface area contributed by atoms with Crippen molar-refractivity contribution in [3.8, 4) is 0 Å². The van der Waals surface area contributed by atoms with Crippen molar-refractivity contribution in [1.82, 2.24) is 0 Å². The van der Waals surface area contributed by atoms with Gasteiger partial charge in [-0.1, -0.05) is 13.3 Å². The van der Waals surface area contributed by atoms with Crippen LogP contribution in [0.3, 0.4) is 0 Å². The van der Waals surface area contributed by atoms with E-state index in [1.165, 1.54) is 0 Å². The van der Waals surface area contributed by atoms with Crippen molar-refractivity contribution in [2.75, 3.05) is 17.6 Å². The summed E-state index contributed by atoms with van der Waals surface area (Å²) in [5, 5.41) is 12.0. The first kappa shape index (κ1) is 11.4. The monoisotopic (exact) mass is 208 g/mol. The van der Waals surface area contributed by atoms with Gasteiger partial charge in [0.05, 0.1) is 5.56 Å². The van der Waals surface area contributed by atoms with Gasteiger partial charge in [-0.05, 0) is 24.6 Å². The van der Waals surface area contributed by atoms with Gasteiger partial charge in [-0.25, -0.2) is 4.79 Å². The molecule has 0 aliphatic heterocycles. The number of anilines is 2. The smallest absolute Gasteiger partial charge is 0.337 e. The molecule has 0 unspecified atom stereocenters. The number of nitrogen functional groups attached to an aromatic ring is 1. The fraction of sp³-hybridized carbons (Fsp3) is 0.364. The molecule has 1 rings (SSSR count). The Morgan fingerprint density at radius 1 is 1.53 bits per heavy atom. The molecule has 0 heterocycles. The third-order valence-electron chi connectivity index (χ3n) is 2.14. The molecule has 1 aromatic carbocycles. The van der Waals surface area contributed by atoms with E-state index in [1.54, 1.807) is 18.2 Å². The predicted molar refractivity (Wildman–Crippen MR) is 61.2 cm³/mol. The van der Waals surface area contributed by atoms with Gasteiger partial charge in [0.15, 0.2) is 0 Å². The number of hydrogen-bond donors (Lipinski definition) is 3. The molecular formula is C11H16N2O2. The van der Waals surface area contributed by atoms with Crippen LogP contribution in [-0.2, 0) is 0 Å². The van der Waals surface area contributed by atoms with Gasteiger partial charge >= 0.3 is 5.97 Å². The Kier molecular flexibility index (Phi) is 3.97. The van der Waals surface area contributed by atoms with E-state index in [9.17, 15) is 4.79 Å². The van der Waals surface area contributed by atoms with Crippen LogP contribution in [0.4, 0.5) is 11.4 Å². The summed E-state index contributed by atoms with van der Waals surface area (Å²) in [5.74, 6) is -0.994. The normalized spacial score (nSPS) is 9.93. The van der Waals surface area contributed by atoms with Crippen molar-refractivity contribution in [1.29, 1.82) is 0 Å². The molecule has 0 saturated heterocycles. The van der Waals surface area contributed by atoms with Crippen molar-refractivity contribution in [3.63, 3.8) is 0 Å². The van der Waals surface area contributed by atoms with Crippen molar-refractivity contribution in [2.24, 2.45) is 0 Å². The molecular weight excluding hydrogens is 192 g/mol. The lowest BCUT2D eigenvalue weighted by atomic mass is 10.1. The second-order valence-corrected chi connectivity index (χ2v) is 3.39. The van der Waals surface area contributed by atoms with Gasteiger partial charge in [0.2, 0.25) is 0 Å². The molecule has 0 aliphatic rings. The van der Waals surface area contributed by atoms with Gasteiger partial charge in [-0.2, -0.15) is 0 Å². The zero-order valence-electron chi connectivity index (χ0n) is 8.79. The zero-order chi connectivity index (χ0) is 11.3. The SMILES string of the molecule is CCCCNc1ccc(N)c(C(=O)O)c1. The molecule has 0 aromatic heterocycles. The summed E-state index contributed by atoms with van der Waals surface area (Å²) in [6.45, 7) is 2.95. The van der Waals surface area contributed by atoms with Crippen LogP contribution in [0.1, 0.15) is 30.1 Å². The van der Waals surface area contributed by atoms with E-state index >= 15 is 0 Å². The third-order valence-corrected chi connectivity index (χ3v) is 2.14. The highest BCUT2D eigenvalue weighted by atomic mass is 16.4. The largest absolute Gasteiger partial charge is 0.478 e. The highest BCUT2D eigenvalue weighted by Gasteiger charge is 2.07. The summed E-state index contributed by atoms with van der Waals surface area (Å²) in [6, 6.07) is 4.96. The molecule has 82 valence electrons. The molecule has 4 nitrogen and oxygen atoms in total. The van der Waals surface area contributed by atoms with Crippen LogP contribution in [-0.4, -0.2) is 17.6 Å². The minimum Gasteiger partial charge on any atom is -0.478 e. The molecule has 0 spiro atoms. The molecule has 0 bridgehead atoms. The first-order valence-corrected chi connectivity index (χ1v) is 5.02. The maximum Gasteiger partial charge on any atom is 0.337 e. The first-order valence-electron chi connectivity index (χ1n) is 5.02. The Balaban J connectivity index is 2.74. The maximum absolute atomic E-state index is 10.8. The van der Waals surface area contributed by atoms with E-state index < -0.39 is 5.97 Å². The molecule has 0 amide bonds. The van der Waals surface area contributed by atoms with Crippen LogP contribution >= 0.6 is 0 Å². The molecule has 4 heteroatoms. The van der Waals surface area contributed by atoms with Crippen LogP contribution in [0, 0.1) is 0 Å². The molecule has 4 N–H and O–H groups in total. The van der Waals surface area contributed by atoms with Crippen LogP contribution in [0.15, 0.2) is 18.2 Å². The summed E-state index contributed by atoms with van der Waals surface area (Å²) < 4.78 is 0. The topological polar surface area (TPSA) is 75.3 Å². The Labute approximate surface area is 89.1 Å². The van der Waals surface area contributed by atoms with Crippen molar-refractivity contribution < 1.29 is 9.90 Å². The maximum atomic E-state index is 10.8. The number of unbranched alkanes of at least 4 members (excludes halogenated alkanes) is 1. The van der Waals surface area contributed by atoms with Gasteiger partial charge in [0.1, 0.15) is 0 Å². The summed E-state index contributed by atoms with van der Waals surface area (Å²) >= 11 is 0. The second kappa shape index (κ2) is 5.24. The van der Waals surface area contributed by atoms with Crippen LogP contribution in [0.25, 0.3) is 0 Å². The highest BCUT2D eigenvalue weighted by Crippen LogP contribution is 2.17. The van der Waals surface area contributed by atoms with Crippen molar-refractivity contribution in [3.05, 3.63) is 23.8 Å². The molecule has 0 aliphatic carbocycles. The summed E-state index contributed by atoms with van der Waals surface area (Å²) in [4.78, 5) is 10.8. The van der Waals surface area contributed by atoms with E-state index in [4.69, 9.17) is 10.8 Å². The third kappa shape index (κ3) is 3.16. The van der Waals surface area contributed by atoms with Gasteiger partial charge in [-0.3, -0.25) is 0 Å². The number of carboxylic acids is 1. The number of nitrogens with one attached hydrogen (secondary N) is 1. The zero-order valence-corrected chi connectivity index (χ0v) is 8.79. The van der Waals surface area contributed by atoms with E-state index in [0.29, 0.717) is 5.69 Å². The second-order valence-electron chi connectivity index (χ2n) is 3.39. The van der Waals surface area contributed by atoms with E-state index in [-0.39, 0.29) is 5.56 Å². The number of benzene rings is 1. The van der Waals surface area contributed by atoms with Gasteiger partial charge < -0.3 is 16.2 Å². The van der Waals surface area contributed by atoms with Gasteiger partial charge in [-0.15, -0.1) is 0 Å². The van der Waals surface area contributed by atoms with E-state index in [2.05, 4.69) is 12.2 Å². The summed E-state index contributed by atoms with van der Waals surface area (Å²) in [7, 11) is 0. The Morgan fingerprint density at radius 3 is 2.87 bits per heavy atom. The Morgan fingerprint density at radius 2 is 2.27 bits per heavy atom. The lowest BCUT2D eigenvalue weighted by Gasteiger charge is -2.07. The average Bonchev–Trinajstić information content (AvgIpc) is 2.20. The Hall–Kier alpha value is -1.71. The molecule has 0 atom stereocenters. The lowest BCUT2D eigenvalue weighted by Crippen LogP contribution is -2.05. The molecule has 1 aromatic rings. The standard InChI is InChI=1S/C11H16N2O2/c1-2-3-6-13-8-4-5-10(12)9(7-8)11(14)15/h4-5,7,13H,2-3,6,12H2,1H3,(H,14,15). The van der Waals surface area contributed by atoms with Crippen molar-refractivity contribution >= 4 is 17.3 Å². The van der Waals surface area contributed by atoms with Gasteiger partial charge in [0, 0.05) is 17.9 Å². The molecule has 0 fully saturated rings. The quantitative estimate of drug-likeness (QED) is 0.512. The number of rotatable bonds is 5. The fourth-order valence-electron chi connectivity index (χ4n) is 1.26. The molecule has 0 saturated carbocycles. The van der Waals surface area contributed by atoms with E-state index in [1.807, 2.05) is 0 Å². The van der Waals surface area contributed by atoms with Gasteiger partial charge in [0.25, 0.3) is 0 Å². The average molecular weight is 208 g/mol. The number of carbonyl (C=O) groups is 1. The summed E-state index contributed by atoms with van der Waals surface area (Å²) in [6.07, 6.45) is 2.17. The van der Waals surface area contributed by atoms with E-state index in [0.717, 1.165) is 25.1 Å². The fourth-order valence-corrected chi connectivity index (χ4v) is 1.26.